The van der Waals surface area contributed by atoms with Crippen LogP contribution in [0.3, 0.4) is 0 Å². The molecule has 3 heteroatoms. The molecule has 0 radical (unpaired) electrons. The number of rotatable bonds is 4. The van der Waals surface area contributed by atoms with E-state index in [0.717, 1.165) is 16.1 Å². The number of ether oxygens (including phenoxy) is 1. The van der Waals surface area contributed by atoms with E-state index in [1.807, 2.05) is 54.6 Å². The Kier molecular flexibility index (Phi) is 4.56. The highest BCUT2D eigenvalue weighted by Crippen LogP contribution is 2.13. The van der Waals surface area contributed by atoms with Gasteiger partial charge in [-0.1, -0.05) is 30.3 Å². The lowest BCUT2D eigenvalue weighted by Gasteiger charge is -2.04. The summed E-state index contributed by atoms with van der Waals surface area (Å²) in [6.45, 7) is 1.79. The van der Waals surface area contributed by atoms with Crippen molar-refractivity contribution in [2.45, 2.75) is 6.92 Å². The van der Waals surface area contributed by atoms with Crippen LogP contribution in [-0.2, 0) is 0 Å². The Morgan fingerprint density at radius 2 is 1.70 bits per heavy atom. The van der Waals surface area contributed by atoms with E-state index in [9.17, 15) is 5.21 Å². The average Bonchev–Trinajstić information content (AvgIpc) is 2.53. The summed E-state index contributed by atoms with van der Waals surface area (Å²) in [7, 11) is 1.64. The fraction of sp³-hybridized carbons (Fsp3) is 0.118. The van der Waals surface area contributed by atoms with Crippen LogP contribution in [0.25, 0.3) is 6.08 Å². The van der Waals surface area contributed by atoms with Gasteiger partial charge >= 0.3 is 0 Å². The van der Waals surface area contributed by atoms with E-state index in [0.29, 0.717) is 11.4 Å². The largest absolute Gasteiger partial charge is 0.618 e. The highest BCUT2D eigenvalue weighted by molar-refractivity contribution is 5.93. The first kappa shape index (κ1) is 13.9. The molecule has 0 bridgehead atoms. The quantitative estimate of drug-likeness (QED) is 0.363. The van der Waals surface area contributed by atoms with Gasteiger partial charge in [0.2, 0.25) is 5.69 Å². The lowest BCUT2D eigenvalue weighted by atomic mass is 10.2. The Labute approximate surface area is 119 Å². The van der Waals surface area contributed by atoms with E-state index < -0.39 is 0 Å². The molecule has 2 rings (SSSR count). The van der Waals surface area contributed by atoms with Crippen molar-refractivity contribution in [2.75, 3.05) is 7.11 Å². The number of hydrogen-bond acceptors (Lipinski definition) is 2. The van der Waals surface area contributed by atoms with Gasteiger partial charge in [0, 0.05) is 25.1 Å². The van der Waals surface area contributed by atoms with Crippen LogP contribution >= 0.6 is 0 Å². The third-order valence-corrected chi connectivity index (χ3v) is 2.94. The first-order chi connectivity index (χ1) is 9.70. The highest BCUT2D eigenvalue weighted by Gasteiger charge is 2.02. The van der Waals surface area contributed by atoms with Crippen molar-refractivity contribution in [3.63, 3.8) is 0 Å². The second-order valence-electron chi connectivity index (χ2n) is 4.38. The zero-order valence-corrected chi connectivity index (χ0v) is 11.6. The summed E-state index contributed by atoms with van der Waals surface area (Å²) in [6, 6.07) is 16.8. The summed E-state index contributed by atoms with van der Waals surface area (Å²) in [5, 5.41) is 12.1. The molecule has 0 saturated heterocycles. The Morgan fingerprint density at radius 1 is 1.05 bits per heavy atom. The van der Waals surface area contributed by atoms with Crippen molar-refractivity contribution < 1.29 is 9.48 Å². The van der Waals surface area contributed by atoms with Crippen LogP contribution in [0.1, 0.15) is 12.5 Å². The lowest BCUT2D eigenvalue weighted by Crippen LogP contribution is -2.04. The molecule has 0 fully saturated rings. The Morgan fingerprint density at radius 3 is 2.30 bits per heavy atom. The van der Waals surface area contributed by atoms with Gasteiger partial charge in [0.15, 0.2) is 5.71 Å². The van der Waals surface area contributed by atoms with E-state index in [1.54, 1.807) is 26.2 Å². The van der Waals surface area contributed by atoms with Gasteiger partial charge < -0.3 is 9.94 Å². The van der Waals surface area contributed by atoms with Crippen molar-refractivity contribution in [1.29, 1.82) is 0 Å². The maximum Gasteiger partial charge on any atom is 0.216 e. The first-order valence-corrected chi connectivity index (χ1v) is 6.38. The van der Waals surface area contributed by atoms with Gasteiger partial charge in [0.1, 0.15) is 5.75 Å². The van der Waals surface area contributed by atoms with Crippen molar-refractivity contribution in [2.24, 2.45) is 0 Å². The molecule has 0 aliphatic carbocycles. The summed E-state index contributed by atoms with van der Waals surface area (Å²) in [6.07, 6.45) is 3.71. The molecule has 102 valence electrons. The minimum atomic E-state index is 0.629. The zero-order valence-electron chi connectivity index (χ0n) is 11.6. The highest BCUT2D eigenvalue weighted by atomic mass is 16.5. The predicted octanol–water partition coefficient (Wildman–Crippen LogP) is 4.01. The number of nitrogens with zero attached hydrogens (tertiary/aromatic N) is 1. The van der Waals surface area contributed by atoms with Crippen molar-refractivity contribution in [3.8, 4) is 5.75 Å². The minimum Gasteiger partial charge on any atom is -0.618 e. The van der Waals surface area contributed by atoms with Crippen LogP contribution in [-0.4, -0.2) is 17.6 Å². The number of methoxy groups -OCH3 is 1. The van der Waals surface area contributed by atoms with Crippen molar-refractivity contribution in [1.82, 2.24) is 0 Å². The average molecular weight is 267 g/mol. The maximum atomic E-state index is 12.1. The molecule has 0 aliphatic rings. The number of benzene rings is 2. The van der Waals surface area contributed by atoms with Crippen molar-refractivity contribution in [3.05, 3.63) is 71.4 Å². The standard InChI is InChI=1S/C17H17NO2/c1-14(18(19)16-6-4-3-5-7-16)8-9-15-10-12-17(20-2)13-11-15/h3-13H,1-2H3/b9-8+,18-14-. The summed E-state index contributed by atoms with van der Waals surface area (Å²) in [5.41, 5.74) is 2.28. The van der Waals surface area contributed by atoms with Crippen LogP contribution in [0.15, 0.2) is 60.7 Å². The fourth-order valence-electron chi connectivity index (χ4n) is 1.77. The van der Waals surface area contributed by atoms with Crippen LogP contribution in [0.2, 0.25) is 0 Å². The topological polar surface area (TPSA) is 35.3 Å². The van der Waals surface area contributed by atoms with E-state index in [2.05, 4.69) is 0 Å². The second-order valence-corrected chi connectivity index (χ2v) is 4.38. The summed E-state index contributed by atoms with van der Waals surface area (Å²) < 4.78 is 6.02. The molecule has 2 aromatic rings. The predicted molar refractivity (Wildman–Crippen MR) is 82.4 cm³/mol. The van der Waals surface area contributed by atoms with Crippen LogP contribution in [0.5, 0.6) is 5.75 Å². The molecule has 0 aromatic heterocycles. The van der Waals surface area contributed by atoms with Gasteiger partial charge in [-0.05, 0) is 23.8 Å². The molecular formula is C17H17NO2. The SMILES string of the molecule is COc1ccc(/C=C/C(C)=[N+](\[O-])c2ccccc2)cc1. The number of para-hydroxylation sites is 1. The fourth-order valence-corrected chi connectivity index (χ4v) is 1.77. The minimum absolute atomic E-state index is 0.629. The van der Waals surface area contributed by atoms with Crippen molar-refractivity contribution >= 4 is 17.5 Å². The Bertz CT molecular complexity index is 613. The summed E-state index contributed by atoms with van der Waals surface area (Å²) >= 11 is 0. The smallest absolute Gasteiger partial charge is 0.216 e. The molecule has 0 saturated carbocycles. The van der Waals surface area contributed by atoms with Gasteiger partial charge in [-0.25, -0.2) is 0 Å². The monoisotopic (exact) mass is 267 g/mol. The molecule has 0 aliphatic heterocycles. The van der Waals surface area contributed by atoms with E-state index >= 15 is 0 Å². The first-order valence-electron chi connectivity index (χ1n) is 6.38. The molecule has 0 atom stereocenters. The Balaban J connectivity index is 2.17. The molecule has 20 heavy (non-hydrogen) atoms. The van der Waals surface area contributed by atoms with Crippen LogP contribution in [0, 0.1) is 5.21 Å². The molecule has 2 aromatic carbocycles. The maximum absolute atomic E-state index is 12.1. The van der Waals surface area contributed by atoms with E-state index in [4.69, 9.17) is 4.74 Å². The number of hydrogen-bond donors (Lipinski definition) is 0. The van der Waals surface area contributed by atoms with E-state index in [1.165, 1.54) is 0 Å². The summed E-state index contributed by atoms with van der Waals surface area (Å²) in [4.78, 5) is 0. The van der Waals surface area contributed by atoms with Gasteiger partial charge in [-0.15, -0.1) is 0 Å². The summed E-state index contributed by atoms with van der Waals surface area (Å²) in [5.74, 6) is 0.817. The molecule has 0 unspecified atom stereocenters. The van der Waals surface area contributed by atoms with Crippen LogP contribution < -0.4 is 4.74 Å². The lowest BCUT2D eigenvalue weighted by molar-refractivity contribution is -0.360. The molecular weight excluding hydrogens is 250 g/mol. The number of allylic oxidation sites excluding steroid dienone is 1. The normalized spacial score (nSPS) is 12.3. The van der Waals surface area contributed by atoms with Gasteiger partial charge in [-0.3, -0.25) is 0 Å². The van der Waals surface area contributed by atoms with E-state index in [-0.39, 0.29) is 0 Å². The third-order valence-electron chi connectivity index (χ3n) is 2.94. The molecule has 0 heterocycles. The molecule has 0 N–H and O–H groups in total. The van der Waals surface area contributed by atoms with Crippen LogP contribution in [0.4, 0.5) is 5.69 Å². The second kappa shape index (κ2) is 6.57. The van der Waals surface area contributed by atoms with Gasteiger partial charge in [0.25, 0.3) is 0 Å². The molecule has 0 spiro atoms. The van der Waals surface area contributed by atoms with Gasteiger partial charge in [-0.2, -0.15) is 4.74 Å². The zero-order chi connectivity index (χ0) is 14.4. The molecule has 3 nitrogen and oxygen atoms in total. The molecule has 0 amide bonds. The third kappa shape index (κ3) is 3.48. The Hall–Kier alpha value is -2.55. The van der Waals surface area contributed by atoms with Gasteiger partial charge in [0.05, 0.1) is 7.11 Å².